The van der Waals surface area contributed by atoms with Gasteiger partial charge < -0.3 is 10.1 Å². The van der Waals surface area contributed by atoms with Crippen LogP contribution in [0.2, 0.25) is 0 Å². The Morgan fingerprint density at radius 1 is 0.958 bits per heavy atom. The monoisotopic (exact) mass is 325 g/mol. The molecule has 126 valence electrons. The van der Waals surface area contributed by atoms with Gasteiger partial charge in [-0.3, -0.25) is 9.59 Å². The van der Waals surface area contributed by atoms with E-state index in [1.54, 1.807) is 19.2 Å². The van der Waals surface area contributed by atoms with Crippen molar-refractivity contribution < 1.29 is 14.3 Å². The van der Waals surface area contributed by atoms with Gasteiger partial charge in [-0.15, -0.1) is 0 Å². The summed E-state index contributed by atoms with van der Waals surface area (Å²) in [5, 5.41) is 2.85. The number of aryl methyl sites for hydroxylation is 1. The number of carbonyl (C=O) groups excluding carboxylic acids is 2. The van der Waals surface area contributed by atoms with Crippen LogP contribution in [0.25, 0.3) is 0 Å². The Hall–Kier alpha value is -2.62. The molecule has 4 heteroatoms. The summed E-state index contributed by atoms with van der Waals surface area (Å²) in [6, 6.07) is 14.3. The lowest BCUT2D eigenvalue weighted by atomic mass is 9.95. The molecule has 2 aromatic carbocycles. The summed E-state index contributed by atoms with van der Waals surface area (Å²) >= 11 is 0. The summed E-state index contributed by atoms with van der Waals surface area (Å²) in [5.41, 5.74) is 2.39. The van der Waals surface area contributed by atoms with E-state index < -0.39 is 11.7 Å². The number of amides is 1. The van der Waals surface area contributed by atoms with Gasteiger partial charge in [0, 0.05) is 5.56 Å². The molecule has 0 saturated heterocycles. The number of rotatable bonds is 6. The van der Waals surface area contributed by atoms with Gasteiger partial charge in [-0.2, -0.15) is 0 Å². The predicted octanol–water partition coefficient (Wildman–Crippen LogP) is 3.70. The highest BCUT2D eigenvalue weighted by Crippen LogP contribution is 2.24. The summed E-state index contributed by atoms with van der Waals surface area (Å²) in [5.74, 6) is -0.209. The first-order chi connectivity index (χ1) is 11.4. The van der Waals surface area contributed by atoms with Crippen molar-refractivity contribution in [1.29, 1.82) is 0 Å². The lowest BCUT2D eigenvalue weighted by molar-refractivity contribution is -0.118. The molecule has 4 nitrogen and oxygen atoms in total. The van der Waals surface area contributed by atoms with Gasteiger partial charge in [0.25, 0.3) is 5.91 Å². The van der Waals surface area contributed by atoms with E-state index in [2.05, 4.69) is 5.32 Å². The Morgan fingerprint density at radius 2 is 1.54 bits per heavy atom. The number of nitrogens with one attached hydrogen (secondary N) is 1. The number of ketones is 1. The predicted molar refractivity (Wildman–Crippen MR) is 94.2 cm³/mol. The van der Waals surface area contributed by atoms with Gasteiger partial charge in [0.2, 0.25) is 5.78 Å². The Labute approximate surface area is 142 Å². The van der Waals surface area contributed by atoms with Crippen LogP contribution < -0.4 is 10.1 Å². The molecule has 0 bridgehead atoms. The molecular formula is C20H23NO3. The second-order valence-electron chi connectivity index (χ2n) is 6.16. The lowest BCUT2D eigenvalue weighted by Crippen LogP contribution is -2.36. The van der Waals surface area contributed by atoms with Crippen molar-refractivity contribution in [2.75, 3.05) is 7.11 Å². The molecule has 1 atom stereocenters. The molecule has 0 saturated carbocycles. The molecule has 1 amide bonds. The minimum absolute atomic E-state index is 0.146. The van der Waals surface area contributed by atoms with Gasteiger partial charge in [-0.05, 0) is 30.5 Å². The molecule has 2 aromatic rings. The summed E-state index contributed by atoms with van der Waals surface area (Å²) < 4.78 is 5.15. The maximum atomic E-state index is 12.4. The summed E-state index contributed by atoms with van der Waals surface area (Å²) in [6.45, 7) is 5.95. The van der Waals surface area contributed by atoms with Crippen molar-refractivity contribution in [3.8, 4) is 5.75 Å². The molecule has 0 aliphatic carbocycles. The van der Waals surface area contributed by atoms with Gasteiger partial charge in [0.1, 0.15) is 5.75 Å². The number of methoxy groups -OCH3 is 1. The molecule has 24 heavy (non-hydrogen) atoms. The van der Waals surface area contributed by atoms with E-state index in [1.165, 1.54) is 0 Å². The fourth-order valence-corrected chi connectivity index (χ4v) is 2.49. The van der Waals surface area contributed by atoms with Crippen LogP contribution >= 0.6 is 0 Å². The van der Waals surface area contributed by atoms with Crippen molar-refractivity contribution in [2.24, 2.45) is 5.92 Å². The standard InChI is InChI=1S/C20H23NO3/c1-13(2)18(15-9-11-17(24-4)12-10-15)21-20(23)19(22)16-7-5-14(3)6-8-16/h5-13,18H,1-4H3,(H,21,23). The highest BCUT2D eigenvalue weighted by atomic mass is 16.5. The van der Waals surface area contributed by atoms with Crippen molar-refractivity contribution in [2.45, 2.75) is 26.8 Å². The largest absolute Gasteiger partial charge is 0.497 e. The van der Waals surface area contributed by atoms with Crippen LogP contribution in [0.5, 0.6) is 5.75 Å². The number of ether oxygens (including phenoxy) is 1. The van der Waals surface area contributed by atoms with Crippen molar-refractivity contribution in [3.63, 3.8) is 0 Å². The van der Waals surface area contributed by atoms with Crippen LogP contribution in [-0.2, 0) is 4.79 Å². The minimum atomic E-state index is -0.589. The smallest absolute Gasteiger partial charge is 0.292 e. The quantitative estimate of drug-likeness (QED) is 0.651. The van der Waals surface area contributed by atoms with Gasteiger partial charge >= 0.3 is 0 Å². The molecule has 0 spiro atoms. The Bertz CT molecular complexity index is 703. The Kier molecular flexibility index (Phi) is 5.74. The van der Waals surface area contributed by atoms with E-state index in [0.717, 1.165) is 16.9 Å². The van der Waals surface area contributed by atoms with Crippen LogP contribution in [0, 0.1) is 12.8 Å². The first-order valence-electron chi connectivity index (χ1n) is 7.98. The number of Topliss-reactive ketones (excluding diaryl/α,β-unsaturated/α-hetero) is 1. The first-order valence-corrected chi connectivity index (χ1v) is 7.98. The summed E-state index contributed by atoms with van der Waals surface area (Å²) in [4.78, 5) is 24.7. The topological polar surface area (TPSA) is 55.4 Å². The SMILES string of the molecule is COc1ccc(C(NC(=O)C(=O)c2ccc(C)cc2)C(C)C)cc1. The highest BCUT2D eigenvalue weighted by Gasteiger charge is 2.23. The van der Waals surface area contributed by atoms with Gasteiger partial charge in [-0.25, -0.2) is 0 Å². The van der Waals surface area contributed by atoms with E-state index in [4.69, 9.17) is 4.74 Å². The third-order valence-corrected chi connectivity index (χ3v) is 3.95. The van der Waals surface area contributed by atoms with Crippen molar-refractivity contribution in [3.05, 3.63) is 65.2 Å². The zero-order valence-corrected chi connectivity index (χ0v) is 14.5. The fraction of sp³-hybridized carbons (Fsp3) is 0.300. The number of hydrogen-bond acceptors (Lipinski definition) is 3. The number of benzene rings is 2. The maximum Gasteiger partial charge on any atom is 0.292 e. The van der Waals surface area contributed by atoms with Crippen LogP contribution in [0.3, 0.4) is 0 Å². The lowest BCUT2D eigenvalue weighted by Gasteiger charge is -2.22. The van der Waals surface area contributed by atoms with E-state index in [9.17, 15) is 9.59 Å². The third-order valence-electron chi connectivity index (χ3n) is 3.95. The average Bonchev–Trinajstić information content (AvgIpc) is 2.59. The molecule has 0 aromatic heterocycles. The zero-order chi connectivity index (χ0) is 17.7. The highest BCUT2D eigenvalue weighted by molar-refractivity contribution is 6.42. The van der Waals surface area contributed by atoms with E-state index in [1.807, 2.05) is 57.2 Å². The molecule has 0 aliphatic heterocycles. The van der Waals surface area contributed by atoms with E-state index in [0.29, 0.717) is 5.56 Å². The summed E-state index contributed by atoms with van der Waals surface area (Å²) in [7, 11) is 1.61. The second-order valence-corrected chi connectivity index (χ2v) is 6.16. The minimum Gasteiger partial charge on any atom is -0.497 e. The van der Waals surface area contributed by atoms with E-state index >= 15 is 0 Å². The zero-order valence-electron chi connectivity index (χ0n) is 14.5. The molecular weight excluding hydrogens is 302 g/mol. The summed E-state index contributed by atoms with van der Waals surface area (Å²) in [6.07, 6.45) is 0. The van der Waals surface area contributed by atoms with Crippen LogP contribution in [0.15, 0.2) is 48.5 Å². The molecule has 1 unspecified atom stereocenters. The van der Waals surface area contributed by atoms with Crippen LogP contribution in [-0.4, -0.2) is 18.8 Å². The van der Waals surface area contributed by atoms with Crippen LogP contribution in [0.4, 0.5) is 0 Å². The molecule has 1 N–H and O–H groups in total. The first kappa shape index (κ1) is 17.7. The van der Waals surface area contributed by atoms with Crippen LogP contribution in [0.1, 0.15) is 41.4 Å². The maximum absolute atomic E-state index is 12.4. The number of carbonyl (C=O) groups is 2. The fourth-order valence-electron chi connectivity index (χ4n) is 2.49. The molecule has 0 heterocycles. The normalized spacial score (nSPS) is 11.9. The molecule has 0 aliphatic rings. The second kappa shape index (κ2) is 7.77. The van der Waals surface area contributed by atoms with E-state index in [-0.39, 0.29) is 12.0 Å². The third kappa shape index (κ3) is 4.22. The van der Waals surface area contributed by atoms with Gasteiger partial charge in [0.15, 0.2) is 0 Å². The van der Waals surface area contributed by atoms with Crippen molar-refractivity contribution in [1.82, 2.24) is 5.32 Å². The molecule has 0 fully saturated rings. The van der Waals surface area contributed by atoms with Gasteiger partial charge in [-0.1, -0.05) is 55.8 Å². The Balaban J connectivity index is 2.15. The number of hydrogen-bond donors (Lipinski definition) is 1. The van der Waals surface area contributed by atoms with Gasteiger partial charge in [0.05, 0.1) is 13.2 Å². The Morgan fingerprint density at radius 3 is 2.04 bits per heavy atom. The molecule has 2 rings (SSSR count). The van der Waals surface area contributed by atoms with Crippen molar-refractivity contribution >= 4 is 11.7 Å². The molecule has 0 radical (unpaired) electrons. The average molecular weight is 325 g/mol.